The van der Waals surface area contributed by atoms with Gasteiger partial charge in [-0.25, -0.2) is 0 Å². The van der Waals surface area contributed by atoms with Crippen LogP contribution in [0.4, 0.5) is 0 Å². The third-order valence-corrected chi connectivity index (χ3v) is 7.72. The largest absolute Gasteiger partial charge is 0.454 e. The van der Waals surface area contributed by atoms with Crippen molar-refractivity contribution in [3.8, 4) is 11.5 Å². The first-order valence-electron chi connectivity index (χ1n) is 12.0. The summed E-state index contributed by atoms with van der Waals surface area (Å²) < 4.78 is 16.7. The fourth-order valence-electron chi connectivity index (χ4n) is 4.43. The van der Waals surface area contributed by atoms with Crippen molar-refractivity contribution in [3.63, 3.8) is 0 Å². The molecule has 37 heavy (non-hydrogen) atoms. The van der Waals surface area contributed by atoms with E-state index in [1.54, 1.807) is 28.4 Å². The van der Waals surface area contributed by atoms with E-state index in [0.29, 0.717) is 48.3 Å². The van der Waals surface area contributed by atoms with Crippen LogP contribution >= 0.6 is 34.5 Å². The van der Waals surface area contributed by atoms with E-state index in [2.05, 4.69) is 0 Å². The minimum absolute atomic E-state index is 0.104. The Kier molecular flexibility index (Phi) is 8.20. The molecule has 0 bridgehead atoms. The second-order valence-corrected chi connectivity index (χ2v) is 10.8. The zero-order chi connectivity index (χ0) is 25.8. The van der Waals surface area contributed by atoms with Gasteiger partial charge in [-0.2, -0.15) is 0 Å². The van der Waals surface area contributed by atoms with Gasteiger partial charge in [-0.15, -0.1) is 11.3 Å². The summed E-state index contributed by atoms with van der Waals surface area (Å²) in [4.78, 5) is 31.7. The van der Waals surface area contributed by atoms with E-state index in [1.165, 1.54) is 11.0 Å². The number of rotatable bonds is 9. The number of carbonyl (C=O) groups is 2. The number of fused-ring (bicyclic) bond motifs is 1. The zero-order valence-corrected chi connectivity index (χ0v) is 22.4. The Bertz CT molecular complexity index is 1260. The van der Waals surface area contributed by atoms with Crippen LogP contribution in [0.1, 0.15) is 33.6 Å². The lowest BCUT2D eigenvalue weighted by molar-refractivity contribution is -0.133. The number of ether oxygens (including phenoxy) is 3. The van der Waals surface area contributed by atoms with Crippen molar-refractivity contribution in [2.75, 3.05) is 26.5 Å². The number of halogens is 2. The lowest BCUT2D eigenvalue weighted by Crippen LogP contribution is -2.45. The SMILES string of the molecule is O=C(CN(C[C@H]1CCCO1)C(=O)c1ccc(Cl)cc1Cl)N(Cc1ccc2c(c1)OCO2)Cc1cccs1. The maximum absolute atomic E-state index is 13.8. The molecule has 2 aliphatic heterocycles. The molecule has 0 radical (unpaired) electrons. The molecule has 0 spiro atoms. The molecule has 5 rings (SSSR count). The van der Waals surface area contributed by atoms with Crippen molar-refractivity contribution in [2.24, 2.45) is 0 Å². The van der Waals surface area contributed by atoms with E-state index >= 15 is 0 Å². The van der Waals surface area contributed by atoms with Crippen LogP contribution in [-0.4, -0.2) is 54.2 Å². The highest BCUT2D eigenvalue weighted by molar-refractivity contribution is 7.09. The van der Waals surface area contributed by atoms with Crippen LogP contribution in [0.25, 0.3) is 0 Å². The Morgan fingerprint density at radius 1 is 1.00 bits per heavy atom. The topological polar surface area (TPSA) is 68.3 Å². The molecule has 10 heteroatoms. The molecule has 3 heterocycles. The lowest BCUT2D eigenvalue weighted by atomic mass is 10.1. The molecule has 3 aromatic rings. The normalized spacial score (nSPS) is 16.1. The van der Waals surface area contributed by atoms with Crippen molar-refractivity contribution >= 4 is 46.4 Å². The van der Waals surface area contributed by atoms with Gasteiger partial charge in [0.1, 0.15) is 6.54 Å². The molecule has 194 valence electrons. The summed E-state index contributed by atoms with van der Waals surface area (Å²) in [5.41, 5.74) is 1.21. The van der Waals surface area contributed by atoms with Crippen LogP contribution < -0.4 is 9.47 Å². The predicted octanol–water partition coefficient (Wildman–Crippen LogP) is 5.63. The maximum Gasteiger partial charge on any atom is 0.255 e. The molecule has 1 atom stereocenters. The molecule has 0 aliphatic carbocycles. The summed E-state index contributed by atoms with van der Waals surface area (Å²) in [7, 11) is 0. The molecule has 0 N–H and O–H groups in total. The first-order chi connectivity index (χ1) is 18.0. The van der Waals surface area contributed by atoms with E-state index in [-0.39, 0.29) is 36.3 Å². The lowest BCUT2D eigenvalue weighted by Gasteiger charge is -2.29. The molecule has 1 aromatic heterocycles. The molecule has 7 nitrogen and oxygen atoms in total. The van der Waals surface area contributed by atoms with E-state index in [9.17, 15) is 9.59 Å². The first-order valence-corrected chi connectivity index (χ1v) is 13.6. The van der Waals surface area contributed by atoms with Gasteiger partial charge < -0.3 is 24.0 Å². The van der Waals surface area contributed by atoms with Crippen molar-refractivity contribution in [1.29, 1.82) is 0 Å². The summed E-state index contributed by atoms with van der Waals surface area (Å²) in [5.74, 6) is 0.842. The maximum atomic E-state index is 13.8. The molecule has 2 aromatic carbocycles. The Labute approximate surface area is 229 Å². The van der Waals surface area contributed by atoms with Gasteiger partial charge in [0.05, 0.1) is 23.2 Å². The Balaban J connectivity index is 1.38. The number of benzene rings is 2. The highest BCUT2D eigenvalue weighted by atomic mass is 35.5. The highest BCUT2D eigenvalue weighted by Gasteiger charge is 2.28. The van der Waals surface area contributed by atoms with Gasteiger partial charge in [0, 0.05) is 29.6 Å². The van der Waals surface area contributed by atoms with Crippen molar-refractivity contribution in [3.05, 3.63) is 80.0 Å². The van der Waals surface area contributed by atoms with Crippen LogP contribution in [0.5, 0.6) is 11.5 Å². The van der Waals surface area contributed by atoms with Crippen molar-refractivity contribution < 1.29 is 23.8 Å². The van der Waals surface area contributed by atoms with Gasteiger partial charge in [0.2, 0.25) is 12.7 Å². The third kappa shape index (κ3) is 6.38. The van der Waals surface area contributed by atoms with Crippen LogP contribution in [-0.2, 0) is 22.6 Å². The van der Waals surface area contributed by atoms with Crippen LogP contribution in [0.3, 0.4) is 0 Å². The fourth-order valence-corrected chi connectivity index (χ4v) is 5.64. The minimum atomic E-state index is -0.329. The molecule has 2 amide bonds. The minimum Gasteiger partial charge on any atom is -0.454 e. The molecule has 1 fully saturated rings. The monoisotopic (exact) mass is 560 g/mol. The highest BCUT2D eigenvalue weighted by Crippen LogP contribution is 2.33. The van der Waals surface area contributed by atoms with Crippen molar-refractivity contribution in [1.82, 2.24) is 9.80 Å². The number of carbonyl (C=O) groups excluding carboxylic acids is 2. The van der Waals surface area contributed by atoms with E-state index in [1.807, 2.05) is 35.7 Å². The van der Waals surface area contributed by atoms with Crippen molar-refractivity contribution in [2.45, 2.75) is 32.0 Å². The van der Waals surface area contributed by atoms with Gasteiger partial charge in [0.15, 0.2) is 11.5 Å². The van der Waals surface area contributed by atoms with Crippen LogP contribution in [0, 0.1) is 0 Å². The Hall–Kier alpha value is -2.78. The smallest absolute Gasteiger partial charge is 0.255 e. The molecular formula is C27H26Cl2N2O5S. The quantitative estimate of drug-likeness (QED) is 0.339. The average Bonchev–Trinajstić information content (AvgIpc) is 3.66. The van der Waals surface area contributed by atoms with Gasteiger partial charge in [0.25, 0.3) is 5.91 Å². The summed E-state index contributed by atoms with van der Waals surface area (Å²) in [6.45, 7) is 1.82. The van der Waals surface area contributed by atoms with Gasteiger partial charge in [-0.1, -0.05) is 35.3 Å². The number of hydrogen-bond donors (Lipinski definition) is 0. The molecule has 1 saturated heterocycles. The van der Waals surface area contributed by atoms with E-state index in [4.69, 9.17) is 37.4 Å². The second kappa shape index (κ2) is 11.7. The van der Waals surface area contributed by atoms with E-state index in [0.717, 1.165) is 23.3 Å². The van der Waals surface area contributed by atoms with E-state index < -0.39 is 0 Å². The zero-order valence-electron chi connectivity index (χ0n) is 20.0. The summed E-state index contributed by atoms with van der Waals surface area (Å²) in [6.07, 6.45) is 1.64. The number of hydrogen-bond acceptors (Lipinski definition) is 6. The standard InChI is InChI=1S/C27H26Cl2N2O5S/c28-19-6-7-22(23(29)12-19)27(33)31(14-20-3-1-9-34-20)16-26(32)30(15-21-4-2-10-37-21)13-18-5-8-24-25(11-18)36-17-35-24/h2,4-8,10-12,20H,1,3,9,13-17H2/t20-/m1/s1. The summed E-state index contributed by atoms with van der Waals surface area (Å²) in [5, 5.41) is 2.67. The molecular weight excluding hydrogens is 535 g/mol. The number of nitrogens with zero attached hydrogens (tertiary/aromatic N) is 2. The fraction of sp³-hybridized carbons (Fsp3) is 0.333. The molecule has 0 unspecified atom stereocenters. The summed E-state index contributed by atoms with van der Waals surface area (Å²) in [6, 6.07) is 14.4. The van der Waals surface area contributed by atoms with Crippen LogP contribution in [0.15, 0.2) is 53.9 Å². The Morgan fingerprint density at radius 2 is 1.86 bits per heavy atom. The van der Waals surface area contributed by atoms with Gasteiger partial charge >= 0.3 is 0 Å². The first kappa shape index (κ1) is 25.9. The number of amides is 2. The second-order valence-electron chi connectivity index (χ2n) is 8.96. The predicted molar refractivity (Wildman–Crippen MR) is 142 cm³/mol. The van der Waals surface area contributed by atoms with Crippen LogP contribution in [0.2, 0.25) is 10.0 Å². The number of thiophene rings is 1. The summed E-state index contributed by atoms with van der Waals surface area (Å²) >= 11 is 14.0. The molecule has 2 aliphatic rings. The van der Waals surface area contributed by atoms with Gasteiger partial charge in [-0.05, 0) is 60.2 Å². The van der Waals surface area contributed by atoms with Gasteiger partial charge in [-0.3, -0.25) is 9.59 Å². The molecule has 0 saturated carbocycles. The average molecular weight is 561 g/mol. The third-order valence-electron chi connectivity index (χ3n) is 6.31. The Morgan fingerprint density at radius 3 is 2.62 bits per heavy atom.